The van der Waals surface area contributed by atoms with E-state index in [0.29, 0.717) is 0 Å². The Hall–Kier alpha value is -2.16. The first-order valence-electron chi connectivity index (χ1n) is 5.50. The second-order valence-electron chi connectivity index (χ2n) is 4.47. The van der Waals surface area contributed by atoms with E-state index in [9.17, 15) is 19.2 Å². The maximum absolute atomic E-state index is 11.8. The monoisotopic (exact) mass is 273 g/mol. The standard InChI is InChI=1S/C10H15N3O6/c1-10(2)8(17)13(9(18)11-10)4-3-6(14)12-19-5-7(15)16/h3-5H2,1-2H3,(H,11,18)(H,12,14)(H,15,16). The molecule has 1 fully saturated rings. The third-order valence-electron chi connectivity index (χ3n) is 2.39. The zero-order valence-corrected chi connectivity index (χ0v) is 10.6. The number of carboxylic acids is 1. The highest BCUT2D eigenvalue weighted by molar-refractivity contribution is 6.06. The third kappa shape index (κ3) is 3.91. The van der Waals surface area contributed by atoms with Crippen LogP contribution < -0.4 is 10.8 Å². The van der Waals surface area contributed by atoms with Gasteiger partial charge in [-0.1, -0.05) is 0 Å². The molecule has 1 rings (SSSR count). The molecule has 106 valence electrons. The molecule has 0 aromatic rings. The topological polar surface area (TPSA) is 125 Å². The van der Waals surface area contributed by atoms with Gasteiger partial charge in [-0.05, 0) is 13.8 Å². The van der Waals surface area contributed by atoms with Crippen molar-refractivity contribution in [2.75, 3.05) is 13.2 Å². The summed E-state index contributed by atoms with van der Waals surface area (Å²) in [4.78, 5) is 49.9. The zero-order chi connectivity index (χ0) is 14.6. The van der Waals surface area contributed by atoms with Crippen LogP contribution in [-0.4, -0.2) is 52.5 Å². The van der Waals surface area contributed by atoms with Crippen molar-refractivity contribution in [1.29, 1.82) is 0 Å². The van der Waals surface area contributed by atoms with Crippen LogP contribution in [0.3, 0.4) is 0 Å². The molecular weight excluding hydrogens is 258 g/mol. The first-order valence-corrected chi connectivity index (χ1v) is 5.50. The Morgan fingerprint density at radius 1 is 1.42 bits per heavy atom. The molecule has 1 aliphatic heterocycles. The fourth-order valence-electron chi connectivity index (χ4n) is 1.46. The van der Waals surface area contributed by atoms with Crippen LogP contribution in [0.4, 0.5) is 4.79 Å². The minimum Gasteiger partial charge on any atom is -0.479 e. The average molecular weight is 273 g/mol. The Labute approximate surface area is 108 Å². The number of rotatable bonds is 6. The summed E-state index contributed by atoms with van der Waals surface area (Å²) in [5.74, 6) is -2.26. The quantitative estimate of drug-likeness (QED) is 0.414. The fourth-order valence-corrected chi connectivity index (χ4v) is 1.46. The van der Waals surface area contributed by atoms with E-state index in [0.717, 1.165) is 4.90 Å². The summed E-state index contributed by atoms with van der Waals surface area (Å²) in [6.07, 6.45) is -0.172. The van der Waals surface area contributed by atoms with Crippen LogP contribution >= 0.6 is 0 Å². The molecule has 1 aliphatic rings. The predicted molar refractivity (Wildman–Crippen MR) is 60.7 cm³/mol. The number of carbonyl (C=O) groups excluding carboxylic acids is 3. The van der Waals surface area contributed by atoms with Gasteiger partial charge in [0.15, 0.2) is 6.61 Å². The molecule has 3 N–H and O–H groups in total. The number of nitrogens with one attached hydrogen (secondary N) is 2. The second kappa shape index (κ2) is 5.65. The van der Waals surface area contributed by atoms with E-state index < -0.39 is 36.0 Å². The summed E-state index contributed by atoms with van der Waals surface area (Å²) >= 11 is 0. The van der Waals surface area contributed by atoms with Crippen molar-refractivity contribution < 1.29 is 29.1 Å². The van der Waals surface area contributed by atoms with Crippen LogP contribution in [0.5, 0.6) is 0 Å². The van der Waals surface area contributed by atoms with Gasteiger partial charge < -0.3 is 10.4 Å². The summed E-state index contributed by atoms with van der Waals surface area (Å²) in [7, 11) is 0. The molecule has 0 unspecified atom stereocenters. The Balaban J connectivity index is 2.37. The zero-order valence-electron chi connectivity index (χ0n) is 10.6. The Bertz CT molecular complexity index is 419. The van der Waals surface area contributed by atoms with Gasteiger partial charge in [0, 0.05) is 13.0 Å². The number of aliphatic carboxylic acids is 1. The highest BCUT2D eigenvalue weighted by Crippen LogP contribution is 2.16. The molecule has 9 nitrogen and oxygen atoms in total. The number of amides is 4. The molecule has 9 heteroatoms. The van der Waals surface area contributed by atoms with Crippen molar-refractivity contribution in [3.8, 4) is 0 Å². The lowest BCUT2D eigenvalue weighted by Crippen LogP contribution is -2.40. The van der Waals surface area contributed by atoms with E-state index in [-0.39, 0.29) is 13.0 Å². The van der Waals surface area contributed by atoms with E-state index in [1.165, 1.54) is 0 Å². The van der Waals surface area contributed by atoms with Crippen LogP contribution in [0.1, 0.15) is 20.3 Å². The number of nitrogens with zero attached hydrogens (tertiary/aromatic N) is 1. The normalized spacial score (nSPS) is 17.3. The molecule has 0 saturated carbocycles. The van der Waals surface area contributed by atoms with E-state index in [1.54, 1.807) is 13.8 Å². The Morgan fingerprint density at radius 2 is 2.05 bits per heavy atom. The summed E-state index contributed by atoms with van der Waals surface area (Å²) < 4.78 is 0. The Morgan fingerprint density at radius 3 is 2.53 bits per heavy atom. The average Bonchev–Trinajstić information content (AvgIpc) is 2.46. The van der Waals surface area contributed by atoms with Crippen LogP contribution in [0.2, 0.25) is 0 Å². The lowest BCUT2D eigenvalue weighted by molar-refractivity contribution is -0.149. The molecule has 0 aromatic heterocycles. The molecule has 4 amide bonds. The molecule has 0 bridgehead atoms. The van der Waals surface area contributed by atoms with Crippen molar-refractivity contribution in [1.82, 2.24) is 15.7 Å². The summed E-state index contributed by atoms with van der Waals surface area (Å²) in [6.45, 7) is 2.35. The molecule has 1 heterocycles. The van der Waals surface area contributed by atoms with E-state index in [4.69, 9.17) is 5.11 Å². The molecule has 1 saturated heterocycles. The summed E-state index contributed by atoms with van der Waals surface area (Å²) in [6, 6.07) is -0.561. The molecule has 0 spiro atoms. The summed E-state index contributed by atoms with van der Waals surface area (Å²) in [5.41, 5.74) is 0.920. The number of carboxylic acid groups (broad SMARTS) is 1. The molecule has 0 aliphatic carbocycles. The lowest BCUT2D eigenvalue weighted by atomic mass is 10.1. The second-order valence-corrected chi connectivity index (χ2v) is 4.47. The third-order valence-corrected chi connectivity index (χ3v) is 2.39. The van der Waals surface area contributed by atoms with Gasteiger partial charge in [-0.3, -0.25) is 19.3 Å². The van der Waals surface area contributed by atoms with E-state index in [1.807, 2.05) is 5.48 Å². The van der Waals surface area contributed by atoms with Crippen molar-refractivity contribution in [2.24, 2.45) is 0 Å². The van der Waals surface area contributed by atoms with E-state index in [2.05, 4.69) is 10.2 Å². The van der Waals surface area contributed by atoms with Crippen LogP contribution in [0.25, 0.3) is 0 Å². The lowest BCUT2D eigenvalue weighted by Gasteiger charge is -2.15. The van der Waals surface area contributed by atoms with Crippen molar-refractivity contribution in [3.63, 3.8) is 0 Å². The smallest absolute Gasteiger partial charge is 0.332 e. The van der Waals surface area contributed by atoms with Crippen LogP contribution in [-0.2, 0) is 19.2 Å². The fraction of sp³-hybridized carbons (Fsp3) is 0.600. The number of hydrogen-bond acceptors (Lipinski definition) is 5. The van der Waals surface area contributed by atoms with Gasteiger partial charge in [-0.2, -0.15) is 0 Å². The highest BCUT2D eigenvalue weighted by Gasteiger charge is 2.43. The first kappa shape index (κ1) is 14.9. The SMILES string of the molecule is CC1(C)NC(=O)N(CCC(=O)NOCC(=O)O)C1=O. The molecule has 0 radical (unpaired) electrons. The maximum Gasteiger partial charge on any atom is 0.332 e. The number of imide groups is 1. The van der Waals surface area contributed by atoms with E-state index >= 15 is 0 Å². The van der Waals surface area contributed by atoms with Gasteiger partial charge in [0.05, 0.1) is 0 Å². The van der Waals surface area contributed by atoms with Crippen LogP contribution in [0, 0.1) is 0 Å². The van der Waals surface area contributed by atoms with Gasteiger partial charge in [0.1, 0.15) is 5.54 Å². The number of urea groups is 1. The van der Waals surface area contributed by atoms with Crippen LogP contribution in [0.15, 0.2) is 0 Å². The predicted octanol–water partition coefficient (Wildman–Crippen LogP) is -1.16. The Kier molecular flexibility index (Phi) is 4.43. The van der Waals surface area contributed by atoms with Crippen molar-refractivity contribution in [2.45, 2.75) is 25.8 Å². The summed E-state index contributed by atoms with van der Waals surface area (Å²) in [5, 5.41) is 10.7. The molecule has 0 aromatic carbocycles. The number of carbonyl (C=O) groups is 4. The van der Waals surface area contributed by atoms with Gasteiger partial charge in [-0.25, -0.2) is 15.1 Å². The molecular formula is C10H15N3O6. The van der Waals surface area contributed by atoms with Gasteiger partial charge >= 0.3 is 12.0 Å². The largest absolute Gasteiger partial charge is 0.479 e. The van der Waals surface area contributed by atoms with Gasteiger partial charge in [0.25, 0.3) is 5.91 Å². The molecule has 0 atom stereocenters. The highest BCUT2D eigenvalue weighted by atomic mass is 16.7. The number of hydrogen-bond donors (Lipinski definition) is 3. The maximum atomic E-state index is 11.8. The first-order chi connectivity index (χ1) is 8.74. The molecule has 19 heavy (non-hydrogen) atoms. The minimum absolute atomic E-state index is 0.101. The minimum atomic E-state index is -1.23. The van der Waals surface area contributed by atoms with Gasteiger partial charge in [0.2, 0.25) is 5.91 Å². The van der Waals surface area contributed by atoms with Crippen molar-refractivity contribution in [3.05, 3.63) is 0 Å². The van der Waals surface area contributed by atoms with Gasteiger partial charge in [-0.15, -0.1) is 0 Å². The number of hydroxylamine groups is 1. The van der Waals surface area contributed by atoms with Crippen molar-refractivity contribution >= 4 is 23.8 Å².